The molecule has 3 heterocycles. The van der Waals surface area contributed by atoms with E-state index in [0.29, 0.717) is 38.2 Å². The Hall–Kier alpha value is -3.13. The van der Waals surface area contributed by atoms with Gasteiger partial charge in [0.05, 0.1) is 24.9 Å². The highest BCUT2D eigenvalue weighted by Crippen LogP contribution is 2.28. The summed E-state index contributed by atoms with van der Waals surface area (Å²) in [4.78, 5) is 18.5. The summed E-state index contributed by atoms with van der Waals surface area (Å²) < 4.78 is 34.1. The highest BCUT2D eigenvalue weighted by Gasteiger charge is 2.34. The summed E-state index contributed by atoms with van der Waals surface area (Å²) in [6, 6.07) is 11.7. The molecule has 1 aromatic carbocycles. The molecule has 1 saturated heterocycles. The number of alkyl halides is 2. The number of hydrogen-bond acceptors (Lipinski definition) is 4. The molecule has 0 aliphatic carbocycles. The van der Waals surface area contributed by atoms with Crippen molar-refractivity contribution in [2.45, 2.75) is 38.7 Å². The first kappa shape index (κ1) is 23.0. The van der Waals surface area contributed by atoms with Gasteiger partial charge in [-0.05, 0) is 30.7 Å². The zero-order valence-electron chi connectivity index (χ0n) is 19.0. The fraction of sp³-hybridized carbons (Fsp3) is 0.400. The number of pyridine rings is 1. The van der Waals surface area contributed by atoms with Crippen molar-refractivity contribution in [3.8, 4) is 11.3 Å². The van der Waals surface area contributed by atoms with Gasteiger partial charge in [0, 0.05) is 55.9 Å². The van der Waals surface area contributed by atoms with Crippen LogP contribution in [0.1, 0.15) is 40.0 Å². The molecule has 0 spiro atoms. The van der Waals surface area contributed by atoms with Crippen LogP contribution in [0.4, 0.5) is 8.78 Å². The quantitative estimate of drug-likeness (QED) is 0.435. The van der Waals surface area contributed by atoms with E-state index in [2.05, 4.69) is 38.7 Å². The Morgan fingerprint density at radius 3 is 2.64 bits per heavy atom. The lowest BCUT2D eigenvalue weighted by Crippen LogP contribution is -2.47. The van der Waals surface area contributed by atoms with Crippen molar-refractivity contribution >= 4 is 5.97 Å². The number of carbonyl (C=O) groups is 1. The highest BCUT2D eigenvalue weighted by atomic mass is 19.3. The number of halogens is 2. The normalized spacial score (nSPS) is 16.0. The van der Waals surface area contributed by atoms with E-state index in [1.165, 1.54) is 7.11 Å². The van der Waals surface area contributed by atoms with Crippen molar-refractivity contribution in [1.82, 2.24) is 15.0 Å². The second kappa shape index (κ2) is 9.79. The number of nitrogens with zero attached hydrogens (tertiary/aromatic N) is 3. The van der Waals surface area contributed by atoms with E-state index in [9.17, 15) is 13.6 Å². The largest absolute Gasteiger partial charge is 0.465 e. The number of methoxy groups -OCH3 is 1. The van der Waals surface area contributed by atoms with E-state index >= 15 is 0 Å². The maximum atomic E-state index is 13.5. The smallest absolute Gasteiger partial charge is 0.338 e. The van der Waals surface area contributed by atoms with Crippen LogP contribution in [-0.2, 0) is 17.7 Å². The molecular formula is C25H29F2N4O2+. The van der Waals surface area contributed by atoms with E-state index in [-0.39, 0.29) is 12.8 Å². The zero-order valence-corrected chi connectivity index (χ0v) is 19.0. The standard InChI is InChI=1S/C25H28F2N4O2/c1-18-22(16-20-17-28-11-8-21(20)24(32)33-2)29-31(23(18)19-6-4-3-5-7-19)15-14-30-12-9-25(26,27)10-13-30/h3-8,11,17H,9-10,12-16H2,1-2H3/p+1. The van der Waals surface area contributed by atoms with Gasteiger partial charge >= 0.3 is 5.97 Å². The molecule has 0 saturated carbocycles. The van der Waals surface area contributed by atoms with Crippen molar-refractivity contribution in [2.24, 2.45) is 0 Å². The van der Waals surface area contributed by atoms with Crippen LogP contribution in [-0.4, -0.2) is 53.6 Å². The molecule has 6 nitrogen and oxygen atoms in total. The lowest BCUT2D eigenvalue weighted by Gasteiger charge is -2.30. The molecule has 0 atom stereocenters. The molecule has 0 radical (unpaired) electrons. The van der Waals surface area contributed by atoms with Crippen molar-refractivity contribution in [3.63, 3.8) is 0 Å². The van der Waals surface area contributed by atoms with Gasteiger partial charge in [-0.25, -0.2) is 13.6 Å². The van der Waals surface area contributed by atoms with E-state index in [0.717, 1.165) is 28.1 Å². The summed E-state index contributed by atoms with van der Waals surface area (Å²) in [6.07, 6.45) is 3.58. The Morgan fingerprint density at radius 2 is 1.94 bits per heavy atom. The summed E-state index contributed by atoms with van der Waals surface area (Å²) in [7, 11) is 1.37. The number of H-pyrrole nitrogens is 1. The highest BCUT2D eigenvalue weighted by molar-refractivity contribution is 5.90. The minimum Gasteiger partial charge on any atom is -0.465 e. The monoisotopic (exact) mass is 455 g/mol. The minimum absolute atomic E-state index is 0.0878. The van der Waals surface area contributed by atoms with Gasteiger partial charge in [0.1, 0.15) is 0 Å². The number of nitrogens with one attached hydrogen (secondary N) is 1. The maximum absolute atomic E-state index is 13.5. The van der Waals surface area contributed by atoms with Crippen LogP contribution in [0.2, 0.25) is 0 Å². The molecule has 0 bridgehead atoms. The molecule has 0 amide bonds. The Morgan fingerprint density at radius 1 is 1.21 bits per heavy atom. The van der Waals surface area contributed by atoms with Gasteiger partial charge in [0.25, 0.3) is 5.92 Å². The number of rotatable bonds is 7. The lowest BCUT2D eigenvalue weighted by molar-refractivity contribution is -0.740. The van der Waals surface area contributed by atoms with Crippen LogP contribution in [0.15, 0.2) is 48.8 Å². The summed E-state index contributed by atoms with van der Waals surface area (Å²) in [6.45, 7) is 4.19. The molecule has 0 unspecified atom stereocenters. The van der Waals surface area contributed by atoms with E-state index in [1.54, 1.807) is 18.5 Å². The molecule has 33 heavy (non-hydrogen) atoms. The lowest BCUT2D eigenvalue weighted by atomic mass is 10.0. The predicted molar refractivity (Wildman–Crippen MR) is 120 cm³/mol. The fourth-order valence-electron chi connectivity index (χ4n) is 4.37. The number of piperidine rings is 1. The van der Waals surface area contributed by atoms with E-state index < -0.39 is 11.9 Å². The van der Waals surface area contributed by atoms with Crippen LogP contribution in [0.5, 0.6) is 0 Å². The third kappa shape index (κ3) is 5.27. The van der Waals surface area contributed by atoms with Gasteiger partial charge in [-0.2, -0.15) is 5.10 Å². The maximum Gasteiger partial charge on any atom is 0.338 e. The molecule has 1 aliphatic heterocycles. The van der Waals surface area contributed by atoms with Gasteiger partial charge in [0.15, 0.2) is 6.54 Å². The topological polar surface area (TPSA) is 62.1 Å². The van der Waals surface area contributed by atoms with Crippen molar-refractivity contribution in [1.29, 1.82) is 0 Å². The number of likely N-dealkylation sites (tertiary alicyclic amines) is 1. The SMILES string of the molecule is COC(=O)c1ccncc1Cc1[nH][n+](CCN2CCC(F)(F)CC2)c(-c2ccccc2)c1C. The van der Waals surface area contributed by atoms with Crippen molar-refractivity contribution < 1.29 is 23.0 Å². The summed E-state index contributed by atoms with van der Waals surface area (Å²) in [5.41, 5.74) is 5.43. The van der Waals surface area contributed by atoms with Gasteiger partial charge < -0.3 is 4.74 Å². The average molecular weight is 456 g/mol. The number of ether oxygens (including phenoxy) is 1. The van der Waals surface area contributed by atoms with Crippen LogP contribution >= 0.6 is 0 Å². The number of carbonyl (C=O) groups excluding carboxylic acids is 1. The summed E-state index contributed by atoms with van der Waals surface area (Å²) >= 11 is 0. The number of esters is 1. The average Bonchev–Trinajstić information content (AvgIpc) is 3.13. The number of aromatic nitrogens is 3. The van der Waals surface area contributed by atoms with Gasteiger partial charge in [-0.1, -0.05) is 18.2 Å². The molecule has 1 aliphatic rings. The third-order valence-corrected chi connectivity index (χ3v) is 6.30. The van der Waals surface area contributed by atoms with Crippen LogP contribution in [0.25, 0.3) is 11.3 Å². The molecule has 1 fully saturated rings. The van der Waals surface area contributed by atoms with Crippen LogP contribution in [0.3, 0.4) is 0 Å². The van der Waals surface area contributed by atoms with Crippen molar-refractivity contribution in [3.05, 3.63) is 71.2 Å². The second-order valence-electron chi connectivity index (χ2n) is 8.48. The Balaban J connectivity index is 1.62. The number of aromatic amines is 1. The van der Waals surface area contributed by atoms with Crippen LogP contribution < -0.4 is 4.68 Å². The zero-order chi connectivity index (χ0) is 23.4. The Bertz CT molecular complexity index is 1100. The van der Waals surface area contributed by atoms with Crippen molar-refractivity contribution in [2.75, 3.05) is 26.7 Å². The summed E-state index contributed by atoms with van der Waals surface area (Å²) in [5.74, 6) is -2.94. The molecule has 1 N–H and O–H groups in total. The van der Waals surface area contributed by atoms with Gasteiger partial charge in [-0.3, -0.25) is 9.88 Å². The Labute approximate surface area is 192 Å². The minimum atomic E-state index is -2.55. The fourth-order valence-corrected chi connectivity index (χ4v) is 4.37. The molecule has 174 valence electrons. The first-order valence-electron chi connectivity index (χ1n) is 11.2. The number of hydrogen-bond donors (Lipinski definition) is 1. The first-order valence-corrected chi connectivity index (χ1v) is 11.2. The van der Waals surface area contributed by atoms with Gasteiger partial charge in [0.2, 0.25) is 5.69 Å². The third-order valence-electron chi connectivity index (χ3n) is 6.30. The molecule has 3 aromatic rings. The van der Waals surface area contributed by atoms with Gasteiger partial charge in [-0.15, -0.1) is 4.68 Å². The van der Waals surface area contributed by atoms with Crippen LogP contribution in [0, 0.1) is 6.92 Å². The molecule has 8 heteroatoms. The first-order chi connectivity index (χ1) is 15.9. The van der Waals surface area contributed by atoms with E-state index in [4.69, 9.17) is 4.74 Å². The second-order valence-corrected chi connectivity index (χ2v) is 8.48. The molecular weight excluding hydrogens is 426 g/mol. The molecule has 2 aromatic heterocycles. The predicted octanol–water partition coefficient (Wildman–Crippen LogP) is 3.78. The Kier molecular flexibility index (Phi) is 6.83. The number of benzene rings is 1. The van der Waals surface area contributed by atoms with E-state index in [1.807, 2.05) is 18.2 Å². The summed E-state index contributed by atoms with van der Waals surface area (Å²) in [5, 5.41) is 3.50. The molecule has 4 rings (SSSR count).